The van der Waals surface area contributed by atoms with Gasteiger partial charge in [0.05, 0.1) is 24.0 Å². The predicted octanol–water partition coefficient (Wildman–Crippen LogP) is 5.20. The van der Waals surface area contributed by atoms with Gasteiger partial charge in [0.1, 0.15) is 5.75 Å². The van der Waals surface area contributed by atoms with Crippen LogP contribution in [0.4, 0.5) is 11.4 Å². The molecule has 0 aliphatic heterocycles. The number of carbonyl (C=O) groups excluding carboxylic acids is 2. The number of amides is 2. The average Bonchev–Trinajstić information content (AvgIpc) is 2.79. The maximum absolute atomic E-state index is 12.8. The second-order valence-electron chi connectivity index (χ2n) is 8.53. The van der Waals surface area contributed by atoms with Gasteiger partial charge in [-0.05, 0) is 65.6 Å². The van der Waals surface area contributed by atoms with Crippen molar-refractivity contribution in [2.45, 2.75) is 26.2 Å². The van der Waals surface area contributed by atoms with Crippen LogP contribution >= 0.6 is 0 Å². The Hall–Kier alpha value is -4.13. The Bertz CT molecular complexity index is 1180. The third-order valence-electron chi connectivity index (χ3n) is 5.13. The van der Waals surface area contributed by atoms with Crippen molar-refractivity contribution in [1.29, 1.82) is 0 Å². The minimum absolute atomic E-state index is 0.0208. The van der Waals surface area contributed by atoms with Gasteiger partial charge in [-0.15, -0.1) is 0 Å². The van der Waals surface area contributed by atoms with Crippen LogP contribution in [0.2, 0.25) is 0 Å². The highest BCUT2D eigenvalue weighted by atomic mass is 16.5. The zero-order valence-corrected chi connectivity index (χ0v) is 18.9. The van der Waals surface area contributed by atoms with E-state index in [1.807, 2.05) is 12.1 Å². The van der Waals surface area contributed by atoms with Crippen LogP contribution in [-0.2, 0) is 5.41 Å². The number of ether oxygens (including phenoxy) is 1. The Morgan fingerprint density at radius 1 is 0.727 bits per heavy atom. The van der Waals surface area contributed by atoms with E-state index in [-0.39, 0.29) is 28.3 Å². The van der Waals surface area contributed by atoms with Gasteiger partial charge in [-0.3, -0.25) is 9.59 Å². The molecule has 2 amide bonds. The molecule has 7 heteroatoms. The summed E-state index contributed by atoms with van der Waals surface area (Å²) in [4.78, 5) is 37.0. The molecule has 0 atom stereocenters. The number of rotatable bonds is 6. The van der Waals surface area contributed by atoms with Gasteiger partial charge < -0.3 is 20.5 Å². The van der Waals surface area contributed by atoms with Gasteiger partial charge in [-0.2, -0.15) is 0 Å². The molecule has 0 heterocycles. The van der Waals surface area contributed by atoms with E-state index in [2.05, 4.69) is 31.4 Å². The molecule has 7 nitrogen and oxygen atoms in total. The summed E-state index contributed by atoms with van der Waals surface area (Å²) in [5.74, 6) is -1.38. The summed E-state index contributed by atoms with van der Waals surface area (Å²) in [5.41, 5.74) is 2.29. The second kappa shape index (κ2) is 9.56. The summed E-state index contributed by atoms with van der Waals surface area (Å²) in [6.45, 7) is 6.26. The molecule has 0 aromatic heterocycles. The predicted molar refractivity (Wildman–Crippen MR) is 127 cm³/mol. The van der Waals surface area contributed by atoms with Crippen molar-refractivity contribution in [3.63, 3.8) is 0 Å². The van der Waals surface area contributed by atoms with Crippen LogP contribution in [-0.4, -0.2) is 30.0 Å². The summed E-state index contributed by atoms with van der Waals surface area (Å²) in [7, 11) is 1.53. The van der Waals surface area contributed by atoms with Crippen molar-refractivity contribution >= 4 is 29.2 Å². The zero-order valence-electron chi connectivity index (χ0n) is 18.9. The largest absolute Gasteiger partial charge is 0.497 e. The molecule has 0 bridgehead atoms. The lowest BCUT2D eigenvalue weighted by atomic mass is 9.87. The van der Waals surface area contributed by atoms with Crippen molar-refractivity contribution in [2.75, 3.05) is 17.7 Å². The molecule has 3 aromatic carbocycles. The number of hydrogen-bond acceptors (Lipinski definition) is 4. The third kappa shape index (κ3) is 5.77. The summed E-state index contributed by atoms with van der Waals surface area (Å²) in [6, 6.07) is 17.9. The van der Waals surface area contributed by atoms with E-state index in [1.165, 1.54) is 25.3 Å². The lowest BCUT2D eigenvalue weighted by molar-refractivity contribution is 0.0696. The van der Waals surface area contributed by atoms with Crippen LogP contribution in [0.25, 0.3) is 0 Å². The van der Waals surface area contributed by atoms with Gasteiger partial charge in [0, 0.05) is 11.1 Å². The molecule has 0 fully saturated rings. The number of anilines is 2. The molecule has 0 spiro atoms. The highest BCUT2D eigenvalue weighted by Crippen LogP contribution is 2.26. The van der Waals surface area contributed by atoms with Crippen molar-refractivity contribution in [3.05, 3.63) is 89.0 Å². The lowest BCUT2D eigenvalue weighted by Gasteiger charge is -2.19. The summed E-state index contributed by atoms with van der Waals surface area (Å²) < 4.78 is 5.10. The zero-order chi connectivity index (χ0) is 24.2. The second-order valence-corrected chi connectivity index (χ2v) is 8.53. The number of benzene rings is 3. The molecule has 33 heavy (non-hydrogen) atoms. The van der Waals surface area contributed by atoms with Gasteiger partial charge >= 0.3 is 5.97 Å². The quantitative estimate of drug-likeness (QED) is 0.483. The van der Waals surface area contributed by atoms with Crippen molar-refractivity contribution in [2.24, 2.45) is 0 Å². The number of carboxylic acid groups (broad SMARTS) is 1. The number of nitrogens with one attached hydrogen (secondary N) is 2. The number of aromatic carboxylic acids is 1. The first kappa shape index (κ1) is 23.5. The van der Waals surface area contributed by atoms with Crippen LogP contribution in [0.15, 0.2) is 66.7 Å². The fraction of sp³-hybridized carbons (Fsp3) is 0.192. The molecular formula is C26H26N2O5. The molecule has 3 N–H and O–H groups in total. The maximum atomic E-state index is 12.8. The first-order valence-electron chi connectivity index (χ1n) is 10.3. The third-order valence-corrected chi connectivity index (χ3v) is 5.13. The van der Waals surface area contributed by atoms with Crippen LogP contribution in [0, 0.1) is 0 Å². The van der Waals surface area contributed by atoms with E-state index in [4.69, 9.17) is 4.74 Å². The summed E-state index contributed by atoms with van der Waals surface area (Å²) >= 11 is 0. The van der Waals surface area contributed by atoms with Crippen LogP contribution in [0.5, 0.6) is 5.75 Å². The normalized spacial score (nSPS) is 10.9. The fourth-order valence-electron chi connectivity index (χ4n) is 3.14. The SMILES string of the molecule is COc1ccc(C(=O)Nc2cc(C(=O)O)ccc2NC(=O)c2ccc(C(C)(C)C)cc2)cc1. The van der Waals surface area contributed by atoms with Crippen LogP contribution < -0.4 is 15.4 Å². The molecule has 3 rings (SSSR count). The van der Waals surface area contributed by atoms with Gasteiger partial charge in [0.2, 0.25) is 0 Å². The standard InChI is InChI=1S/C26H26N2O5/c1-26(2,3)19-10-5-16(6-11-19)23(29)27-21-14-9-18(25(31)32)15-22(21)28-24(30)17-7-12-20(33-4)13-8-17/h5-15H,1-4H3,(H,27,29)(H,28,30)(H,31,32). The Morgan fingerprint density at radius 3 is 1.70 bits per heavy atom. The molecule has 0 saturated carbocycles. The monoisotopic (exact) mass is 446 g/mol. The smallest absolute Gasteiger partial charge is 0.335 e. The molecule has 0 aliphatic carbocycles. The molecule has 170 valence electrons. The van der Waals surface area contributed by atoms with E-state index in [9.17, 15) is 19.5 Å². The number of hydrogen-bond donors (Lipinski definition) is 3. The minimum atomic E-state index is -1.15. The molecular weight excluding hydrogens is 420 g/mol. The number of methoxy groups -OCH3 is 1. The summed E-state index contributed by atoms with van der Waals surface area (Å²) in [5, 5.41) is 14.8. The van der Waals surface area contributed by atoms with Crippen molar-refractivity contribution in [1.82, 2.24) is 0 Å². The van der Waals surface area contributed by atoms with Crippen molar-refractivity contribution < 1.29 is 24.2 Å². The molecule has 0 saturated heterocycles. The van der Waals surface area contributed by atoms with Crippen molar-refractivity contribution in [3.8, 4) is 5.75 Å². The first-order chi connectivity index (χ1) is 15.6. The highest BCUT2D eigenvalue weighted by Gasteiger charge is 2.17. The van der Waals surface area contributed by atoms with E-state index in [0.717, 1.165) is 5.56 Å². The van der Waals surface area contributed by atoms with Gasteiger partial charge in [0.15, 0.2) is 0 Å². The topological polar surface area (TPSA) is 105 Å². The lowest BCUT2D eigenvalue weighted by Crippen LogP contribution is -2.18. The highest BCUT2D eigenvalue weighted by molar-refractivity contribution is 6.10. The molecule has 0 unspecified atom stereocenters. The Balaban J connectivity index is 1.86. The minimum Gasteiger partial charge on any atom is -0.497 e. The van der Waals surface area contributed by atoms with Gasteiger partial charge in [0.25, 0.3) is 11.8 Å². The average molecular weight is 447 g/mol. The van der Waals surface area contributed by atoms with E-state index in [0.29, 0.717) is 16.9 Å². The molecule has 3 aromatic rings. The first-order valence-corrected chi connectivity index (χ1v) is 10.3. The Labute approximate surface area is 192 Å². The maximum Gasteiger partial charge on any atom is 0.335 e. The number of carbonyl (C=O) groups is 3. The van der Waals surface area contributed by atoms with E-state index in [1.54, 1.807) is 36.4 Å². The molecule has 0 radical (unpaired) electrons. The summed E-state index contributed by atoms with van der Waals surface area (Å²) in [6.07, 6.45) is 0. The van der Waals surface area contributed by atoms with Crippen LogP contribution in [0.3, 0.4) is 0 Å². The van der Waals surface area contributed by atoms with Crippen LogP contribution in [0.1, 0.15) is 57.4 Å². The van der Waals surface area contributed by atoms with Gasteiger partial charge in [-0.1, -0.05) is 32.9 Å². The Morgan fingerprint density at radius 2 is 1.21 bits per heavy atom. The van der Waals surface area contributed by atoms with E-state index >= 15 is 0 Å². The van der Waals surface area contributed by atoms with Gasteiger partial charge in [-0.25, -0.2) is 4.79 Å². The Kier molecular flexibility index (Phi) is 6.82. The fourth-order valence-corrected chi connectivity index (χ4v) is 3.14. The number of carboxylic acids is 1. The van der Waals surface area contributed by atoms with E-state index < -0.39 is 11.9 Å². The molecule has 0 aliphatic rings.